The molecule has 0 aliphatic carbocycles. The molecule has 5 rings (SSSR count). The number of phenolic OH excluding ortho intramolecular Hbond substituents is 1. The summed E-state index contributed by atoms with van der Waals surface area (Å²) in [7, 11) is 2.76. The number of pyridine rings is 1. The van der Waals surface area contributed by atoms with Crippen LogP contribution in [0.15, 0.2) is 39.7 Å². The van der Waals surface area contributed by atoms with E-state index in [1.807, 2.05) is 0 Å². The van der Waals surface area contributed by atoms with Gasteiger partial charge < -0.3 is 29.2 Å². The summed E-state index contributed by atoms with van der Waals surface area (Å²) in [5.41, 5.74) is 0.943. The molecule has 10 nitrogen and oxygen atoms in total. The van der Waals surface area contributed by atoms with Crippen molar-refractivity contribution in [3.8, 4) is 28.4 Å². The molecule has 0 saturated heterocycles. The van der Waals surface area contributed by atoms with Crippen LogP contribution in [0.5, 0.6) is 17.2 Å². The van der Waals surface area contributed by atoms with Crippen LogP contribution < -0.4 is 14.9 Å². The number of nitrogens with zero attached hydrogens (tertiary/aromatic N) is 1. The Kier molecular flexibility index (Phi) is 3.90. The second-order valence-electron chi connectivity index (χ2n) is 6.76. The van der Waals surface area contributed by atoms with Gasteiger partial charge in [0.15, 0.2) is 28.3 Å². The Morgan fingerprint density at radius 1 is 1.10 bits per heavy atom. The van der Waals surface area contributed by atoms with Gasteiger partial charge >= 0.3 is 5.97 Å². The average Bonchev–Trinajstić information content (AvgIpc) is 3.38. The number of phenols is 1. The number of H-pyrrole nitrogens is 2. The first-order valence-electron chi connectivity index (χ1n) is 9.08. The Labute approximate surface area is 172 Å². The van der Waals surface area contributed by atoms with Crippen molar-refractivity contribution < 1.29 is 28.9 Å². The molecule has 0 atom stereocenters. The van der Waals surface area contributed by atoms with Gasteiger partial charge in [-0.05, 0) is 24.3 Å². The molecule has 3 heterocycles. The van der Waals surface area contributed by atoms with Gasteiger partial charge in [-0.1, -0.05) is 0 Å². The lowest BCUT2D eigenvalue weighted by Crippen LogP contribution is -2.05. The van der Waals surface area contributed by atoms with Crippen LogP contribution in [0, 0.1) is 0 Å². The minimum absolute atomic E-state index is 0.0229. The molecule has 31 heavy (non-hydrogen) atoms. The monoisotopic (exact) mass is 421 g/mol. The van der Waals surface area contributed by atoms with Crippen molar-refractivity contribution in [2.45, 2.75) is 0 Å². The summed E-state index contributed by atoms with van der Waals surface area (Å²) in [4.78, 5) is 28.7. The van der Waals surface area contributed by atoms with Gasteiger partial charge in [-0.15, -0.1) is 0 Å². The highest BCUT2D eigenvalue weighted by molar-refractivity contribution is 6.17. The van der Waals surface area contributed by atoms with E-state index in [-0.39, 0.29) is 33.8 Å². The molecule has 0 fully saturated rings. The predicted molar refractivity (Wildman–Crippen MR) is 111 cm³/mol. The summed E-state index contributed by atoms with van der Waals surface area (Å²) >= 11 is 0. The van der Waals surface area contributed by atoms with Crippen LogP contribution in [0.2, 0.25) is 0 Å². The molecule has 0 unspecified atom stereocenters. The van der Waals surface area contributed by atoms with Crippen molar-refractivity contribution >= 4 is 39.1 Å². The molecule has 10 heteroatoms. The Morgan fingerprint density at radius 2 is 1.90 bits per heavy atom. The van der Waals surface area contributed by atoms with E-state index in [1.165, 1.54) is 26.4 Å². The average molecular weight is 421 g/mol. The molecule has 0 aliphatic heterocycles. The van der Waals surface area contributed by atoms with Gasteiger partial charge in [0.25, 0.3) is 0 Å². The number of aromatic nitrogens is 3. The van der Waals surface area contributed by atoms with Gasteiger partial charge in [-0.3, -0.25) is 9.89 Å². The van der Waals surface area contributed by atoms with E-state index in [4.69, 9.17) is 13.9 Å². The number of aromatic amines is 2. The Bertz CT molecular complexity index is 1580. The van der Waals surface area contributed by atoms with Crippen molar-refractivity contribution in [1.29, 1.82) is 0 Å². The molecule has 0 saturated carbocycles. The van der Waals surface area contributed by atoms with Crippen LogP contribution in [-0.2, 0) is 0 Å². The maximum absolute atomic E-state index is 12.2. The minimum atomic E-state index is -1.23. The second-order valence-corrected chi connectivity index (χ2v) is 6.76. The topological polar surface area (TPSA) is 151 Å². The van der Waals surface area contributed by atoms with Crippen molar-refractivity contribution in [3.63, 3.8) is 0 Å². The fourth-order valence-corrected chi connectivity index (χ4v) is 3.84. The molecule has 0 radical (unpaired) electrons. The molecule has 0 bridgehead atoms. The van der Waals surface area contributed by atoms with E-state index in [0.29, 0.717) is 27.5 Å². The molecule has 0 amide bonds. The Morgan fingerprint density at radius 3 is 2.61 bits per heavy atom. The number of aromatic hydroxyl groups is 1. The fourth-order valence-electron chi connectivity index (χ4n) is 3.84. The van der Waals surface area contributed by atoms with Crippen LogP contribution in [-0.4, -0.2) is 45.6 Å². The zero-order valence-corrected chi connectivity index (χ0v) is 16.3. The summed E-state index contributed by atoms with van der Waals surface area (Å²) in [6, 6.07) is 5.90. The maximum Gasteiger partial charge on any atom is 0.340 e. The number of carboxylic acid groups (broad SMARTS) is 1. The number of aromatic carboxylic acids is 1. The first-order chi connectivity index (χ1) is 15.0. The predicted octanol–water partition coefficient (Wildman–Crippen LogP) is 3.24. The van der Waals surface area contributed by atoms with Crippen LogP contribution in [0.1, 0.15) is 10.4 Å². The lowest BCUT2D eigenvalue weighted by atomic mass is 9.96. The quantitative estimate of drug-likeness (QED) is 0.345. The number of carboxylic acids is 1. The number of methoxy groups -OCH3 is 2. The second kappa shape index (κ2) is 6.52. The van der Waals surface area contributed by atoms with Crippen LogP contribution >= 0.6 is 0 Å². The normalized spacial score (nSPS) is 11.4. The van der Waals surface area contributed by atoms with E-state index >= 15 is 0 Å². The largest absolute Gasteiger partial charge is 0.502 e. The Balaban J connectivity index is 2.01. The smallest absolute Gasteiger partial charge is 0.340 e. The van der Waals surface area contributed by atoms with Gasteiger partial charge in [0.1, 0.15) is 11.1 Å². The van der Waals surface area contributed by atoms with Crippen LogP contribution in [0.4, 0.5) is 0 Å². The van der Waals surface area contributed by atoms with Crippen molar-refractivity contribution in [1.82, 2.24) is 15.2 Å². The lowest BCUT2D eigenvalue weighted by Gasteiger charge is -2.15. The first-order valence-corrected chi connectivity index (χ1v) is 9.08. The Hall–Kier alpha value is -4.47. The number of hydrogen-bond acceptors (Lipinski definition) is 7. The number of carbonyl (C=O) groups is 1. The van der Waals surface area contributed by atoms with Crippen molar-refractivity contribution in [2.24, 2.45) is 0 Å². The fraction of sp³-hybridized carbons (Fsp3) is 0.0952. The lowest BCUT2D eigenvalue weighted by molar-refractivity contribution is 0.0693. The molecule has 4 N–H and O–H groups in total. The number of hydrogen-bond donors (Lipinski definition) is 4. The minimum Gasteiger partial charge on any atom is -0.502 e. The standard InChI is InChI=1S/C21H15N3O7/c1-29-12-6-4-8(14(21(27)28)18(12)30-2)13-10-7-22-24-20(10)23-15-9-3-5-11(25)16(26)17(9)31-19(13)15/h3-7,26H,1-2H3,(H,27,28)(H2,22,23,24). The molecule has 156 valence electrons. The van der Waals surface area contributed by atoms with E-state index in [0.717, 1.165) is 0 Å². The number of benzene rings is 2. The van der Waals surface area contributed by atoms with Gasteiger partial charge in [0, 0.05) is 22.7 Å². The third kappa shape index (κ3) is 2.48. The van der Waals surface area contributed by atoms with Crippen LogP contribution in [0.25, 0.3) is 44.2 Å². The molecular weight excluding hydrogens is 406 g/mol. The summed E-state index contributed by atoms with van der Waals surface area (Å²) in [6.45, 7) is 0. The van der Waals surface area contributed by atoms with Crippen molar-refractivity contribution in [2.75, 3.05) is 14.2 Å². The third-order valence-electron chi connectivity index (χ3n) is 5.18. The molecule has 0 aliphatic rings. The van der Waals surface area contributed by atoms with Crippen LogP contribution in [0.3, 0.4) is 0 Å². The number of furan rings is 1. The highest BCUT2D eigenvalue weighted by Gasteiger charge is 2.27. The van der Waals surface area contributed by atoms with E-state index in [9.17, 15) is 19.8 Å². The summed E-state index contributed by atoms with van der Waals surface area (Å²) in [6.07, 6.45) is 1.62. The SMILES string of the molecule is COc1ccc(-c2c3c[nH][nH]c3nc3c2oc2c(O)c(=O)ccc23)c(C(=O)O)c1OC. The molecule has 5 aromatic rings. The van der Waals surface area contributed by atoms with Gasteiger partial charge in [0.2, 0.25) is 11.2 Å². The van der Waals surface area contributed by atoms with Gasteiger partial charge in [-0.2, -0.15) is 0 Å². The van der Waals surface area contributed by atoms with E-state index in [1.54, 1.807) is 18.3 Å². The molecule has 0 spiro atoms. The highest BCUT2D eigenvalue weighted by atomic mass is 16.5. The zero-order valence-electron chi connectivity index (χ0n) is 16.3. The number of nitrogens with one attached hydrogen (secondary N) is 2. The summed E-state index contributed by atoms with van der Waals surface area (Å²) in [5, 5.41) is 26.9. The highest BCUT2D eigenvalue weighted by Crippen LogP contribution is 2.45. The summed E-state index contributed by atoms with van der Waals surface area (Å²) in [5.74, 6) is -1.47. The molecule has 2 aromatic carbocycles. The van der Waals surface area contributed by atoms with Gasteiger partial charge in [0.05, 0.1) is 19.6 Å². The number of ether oxygens (including phenoxy) is 2. The zero-order chi connectivity index (χ0) is 21.9. The number of fused-ring (bicyclic) bond motifs is 4. The summed E-state index contributed by atoms with van der Waals surface area (Å²) < 4.78 is 16.5. The molecule has 3 aromatic heterocycles. The first kappa shape index (κ1) is 18.6. The van der Waals surface area contributed by atoms with E-state index in [2.05, 4.69) is 15.2 Å². The molecular formula is C21H15N3O7. The van der Waals surface area contributed by atoms with Gasteiger partial charge in [-0.25, -0.2) is 9.78 Å². The maximum atomic E-state index is 12.2. The van der Waals surface area contributed by atoms with Crippen molar-refractivity contribution in [3.05, 3.63) is 46.2 Å². The third-order valence-corrected chi connectivity index (χ3v) is 5.18. The van der Waals surface area contributed by atoms with E-state index < -0.39 is 17.1 Å². The number of rotatable bonds is 4.